The van der Waals surface area contributed by atoms with Crippen molar-refractivity contribution in [2.75, 3.05) is 16.8 Å². The molecule has 106 valence electrons. The first-order valence-electron chi connectivity index (χ1n) is 6.68. The zero-order chi connectivity index (χ0) is 13.8. The number of nitro groups is 1. The van der Waals surface area contributed by atoms with Gasteiger partial charge in [0.2, 0.25) is 5.82 Å². The van der Waals surface area contributed by atoms with E-state index in [0.29, 0.717) is 24.0 Å². The van der Waals surface area contributed by atoms with Crippen LogP contribution in [0.25, 0.3) is 0 Å². The fourth-order valence-corrected chi connectivity index (χ4v) is 3.45. The molecule has 1 atom stereocenters. The Labute approximate surface area is 117 Å². The lowest BCUT2D eigenvalue weighted by Crippen LogP contribution is -2.27. The largest absolute Gasteiger partial charge is 0.361 e. The SMILES string of the molecule is CCCc1nn(C)c(NC2CCCSC2)c1[N+](=O)[O-]. The molecular weight excluding hydrogens is 264 g/mol. The summed E-state index contributed by atoms with van der Waals surface area (Å²) in [5.74, 6) is 2.75. The van der Waals surface area contributed by atoms with Crippen molar-refractivity contribution in [2.24, 2.45) is 7.05 Å². The van der Waals surface area contributed by atoms with Gasteiger partial charge in [-0.25, -0.2) is 4.68 Å². The predicted molar refractivity (Wildman–Crippen MR) is 77.8 cm³/mol. The van der Waals surface area contributed by atoms with Crippen LogP contribution in [0.4, 0.5) is 11.5 Å². The number of nitrogens with zero attached hydrogens (tertiary/aromatic N) is 3. The fourth-order valence-electron chi connectivity index (χ4n) is 2.38. The zero-order valence-corrected chi connectivity index (χ0v) is 12.2. The summed E-state index contributed by atoms with van der Waals surface area (Å²) in [6.07, 6.45) is 3.73. The lowest BCUT2D eigenvalue weighted by molar-refractivity contribution is -0.384. The highest BCUT2D eigenvalue weighted by Crippen LogP contribution is 2.31. The van der Waals surface area contributed by atoms with E-state index in [4.69, 9.17) is 0 Å². The molecule has 7 heteroatoms. The maximum absolute atomic E-state index is 11.3. The highest BCUT2D eigenvalue weighted by Gasteiger charge is 2.28. The Balaban J connectivity index is 2.24. The van der Waals surface area contributed by atoms with E-state index in [1.54, 1.807) is 11.7 Å². The van der Waals surface area contributed by atoms with Crippen molar-refractivity contribution < 1.29 is 4.92 Å². The average molecular weight is 284 g/mol. The molecule has 0 spiro atoms. The summed E-state index contributed by atoms with van der Waals surface area (Å²) in [7, 11) is 1.77. The van der Waals surface area contributed by atoms with Crippen LogP contribution in [-0.4, -0.2) is 32.3 Å². The van der Waals surface area contributed by atoms with Crippen LogP contribution >= 0.6 is 11.8 Å². The van der Waals surface area contributed by atoms with E-state index in [2.05, 4.69) is 10.4 Å². The number of hydrogen-bond donors (Lipinski definition) is 1. The highest BCUT2D eigenvalue weighted by atomic mass is 32.2. The molecular formula is C12H20N4O2S. The van der Waals surface area contributed by atoms with Gasteiger partial charge in [0.15, 0.2) is 0 Å². The molecule has 0 radical (unpaired) electrons. The molecule has 0 amide bonds. The van der Waals surface area contributed by atoms with Crippen molar-refractivity contribution in [1.82, 2.24) is 9.78 Å². The number of thioether (sulfide) groups is 1. The number of anilines is 1. The van der Waals surface area contributed by atoms with E-state index >= 15 is 0 Å². The lowest BCUT2D eigenvalue weighted by atomic mass is 10.2. The maximum atomic E-state index is 11.3. The van der Waals surface area contributed by atoms with E-state index in [1.165, 1.54) is 5.75 Å². The van der Waals surface area contributed by atoms with Gasteiger partial charge in [-0.2, -0.15) is 16.9 Å². The molecule has 0 bridgehead atoms. The molecule has 1 aliphatic heterocycles. The Morgan fingerprint density at radius 3 is 3.00 bits per heavy atom. The number of aromatic nitrogens is 2. The maximum Gasteiger partial charge on any atom is 0.333 e. The summed E-state index contributed by atoms with van der Waals surface area (Å²) in [6, 6.07) is 0.308. The molecule has 2 rings (SSSR count). The van der Waals surface area contributed by atoms with E-state index in [0.717, 1.165) is 25.0 Å². The third kappa shape index (κ3) is 3.20. The summed E-state index contributed by atoms with van der Waals surface area (Å²) in [5, 5.41) is 18.9. The molecule has 1 N–H and O–H groups in total. The first-order valence-corrected chi connectivity index (χ1v) is 7.83. The summed E-state index contributed by atoms with van der Waals surface area (Å²) >= 11 is 1.90. The van der Waals surface area contributed by atoms with Gasteiger partial charge in [0.25, 0.3) is 0 Å². The van der Waals surface area contributed by atoms with Crippen LogP contribution in [0.3, 0.4) is 0 Å². The van der Waals surface area contributed by atoms with Gasteiger partial charge in [0, 0.05) is 18.8 Å². The van der Waals surface area contributed by atoms with Gasteiger partial charge in [-0.05, 0) is 25.0 Å². The first kappa shape index (κ1) is 14.2. The van der Waals surface area contributed by atoms with Gasteiger partial charge >= 0.3 is 5.69 Å². The highest BCUT2D eigenvalue weighted by molar-refractivity contribution is 7.99. The predicted octanol–water partition coefficient (Wildman–Crippen LogP) is 2.59. The third-order valence-electron chi connectivity index (χ3n) is 3.26. The van der Waals surface area contributed by atoms with Crippen LogP contribution in [0, 0.1) is 10.1 Å². The van der Waals surface area contributed by atoms with E-state index in [-0.39, 0.29) is 10.6 Å². The van der Waals surface area contributed by atoms with Crippen LogP contribution in [-0.2, 0) is 13.5 Å². The van der Waals surface area contributed by atoms with Gasteiger partial charge in [-0.3, -0.25) is 10.1 Å². The molecule has 2 heterocycles. The van der Waals surface area contributed by atoms with Gasteiger partial charge in [-0.15, -0.1) is 0 Å². The topological polar surface area (TPSA) is 73.0 Å². The Hall–Kier alpha value is -1.24. The Morgan fingerprint density at radius 1 is 1.63 bits per heavy atom. The summed E-state index contributed by atoms with van der Waals surface area (Å²) in [4.78, 5) is 11.0. The molecule has 19 heavy (non-hydrogen) atoms. The number of nitrogens with one attached hydrogen (secondary N) is 1. The van der Waals surface area contributed by atoms with Crippen molar-refractivity contribution in [3.05, 3.63) is 15.8 Å². The van der Waals surface area contributed by atoms with Crippen molar-refractivity contribution in [2.45, 2.75) is 38.6 Å². The molecule has 0 aliphatic carbocycles. The molecule has 1 aromatic rings. The van der Waals surface area contributed by atoms with E-state index in [9.17, 15) is 10.1 Å². The molecule has 1 aromatic heterocycles. The Kier molecular flexibility index (Phi) is 4.68. The van der Waals surface area contributed by atoms with Crippen molar-refractivity contribution >= 4 is 23.3 Å². The molecule has 1 aliphatic rings. The molecule has 1 saturated heterocycles. The van der Waals surface area contributed by atoms with Crippen LogP contribution in [0.15, 0.2) is 0 Å². The van der Waals surface area contributed by atoms with E-state index in [1.807, 2.05) is 18.7 Å². The first-order chi connectivity index (χ1) is 9.13. The minimum absolute atomic E-state index is 0.153. The van der Waals surface area contributed by atoms with Gasteiger partial charge in [-0.1, -0.05) is 13.3 Å². The monoisotopic (exact) mass is 284 g/mol. The zero-order valence-electron chi connectivity index (χ0n) is 11.4. The lowest BCUT2D eigenvalue weighted by Gasteiger charge is -2.22. The van der Waals surface area contributed by atoms with Crippen LogP contribution in [0.2, 0.25) is 0 Å². The molecule has 0 saturated carbocycles. The van der Waals surface area contributed by atoms with Crippen LogP contribution < -0.4 is 5.32 Å². The fraction of sp³-hybridized carbons (Fsp3) is 0.750. The van der Waals surface area contributed by atoms with Crippen molar-refractivity contribution in [3.63, 3.8) is 0 Å². The minimum Gasteiger partial charge on any atom is -0.361 e. The number of hydrogen-bond acceptors (Lipinski definition) is 5. The second-order valence-corrected chi connectivity index (χ2v) is 5.98. The van der Waals surface area contributed by atoms with Crippen molar-refractivity contribution in [3.8, 4) is 0 Å². The van der Waals surface area contributed by atoms with Crippen LogP contribution in [0.1, 0.15) is 31.9 Å². The smallest absolute Gasteiger partial charge is 0.333 e. The summed E-state index contributed by atoms with van der Waals surface area (Å²) in [5.41, 5.74) is 0.737. The molecule has 1 unspecified atom stereocenters. The Morgan fingerprint density at radius 2 is 2.42 bits per heavy atom. The number of rotatable bonds is 5. The van der Waals surface area contributed by atoms with Gasteiger partial charge < -0.3 is 5.32 Å². The standard InChI is InChI=1S/C12H20N4O2S/c1-3-5-10-11(16(17)18)12(15(2)14-10)13-9-6-4-7-19-8-9/h9,13H,3-8H2,1-2H3. The average Bonchev–Trinajstić information content (AvgIpc) is 2.68. The van der Waals surface area contributed by atoms with Crippen molar-refractivity contribution in [1.29, 1.82) is 0 Å². The van der Waals surface area contributed by atoms with Gasteiger partial charge in [0.05, 0.1) is 4.92 Å². The quantitative estimate of drug-likeness (QED) is 0.664. The molecule has 0 aromatic carbocycles. The number of aryl methyl sites for hydroxylation is 2. The summed E-state index contributed by atoms with van der Waals surface area (Å²) < 4.78 is 1.61. The second kappa shape index (κ2) is 6.27. The normalized spacial score (nSPS) is 19.4. The summed E-state index contributed by atoms with van der Waals surface area (Å²) in [6.45, 7) is 2.00. The third-order valence-corrected chi connectivity index (χ3v) is 4.48. The van der Waals surface area contributed by atoms with Gasteiger partial charge in [0.1, 0.15) is 5.69 Å². The minimum atomic E-state index is -0.309. The Bertz CT molecular complexity index is 455. The van der Waals surface area contributed by atoms with E-state index < -0.39 is 0 Å². The second-order valence-electron chi connectivity index (χ2n) is 4.83. The molecule has 1 fully saturated rings. The molecule has 6 nitrogen and oxygen atoms in total. The van der Waals surface area contributed by atoms with Crippen LogP contribution in [0.5, 0.6) is 0 Å².